The molecule has 1 aliphatic heterocycles. The molecule has 0 aliphatic carbocycles. The van der Waals surface area contributed by atoms with E-state index in [1.54, 1.807) is 6.92 Å². The van der Waals surface area contributed by atoms with Crippen molar-refractivity contribution in [2.75, 3.05) is 26.7 Å². The Bertz CT molecular complexity index is 188. The van der Waals surface area contributed by atoms with E-state index in [4.69, 9.17) is 4.74 Å². The van der Waals surface area contributed by atoms with Crippen LogP contribution in [0.3, 0.4) is 0 Å². The summed E-state index contributed by atoms with van der Waals surface area (Å²) in [5.41, 5.74) is 0. The molecule has 88 valence electrons. The minimum atomic E-state index is 0.289. The van der Waals surface area contributed by atoms with Crippen molar-refractivity contribution in [3.8, 4) is 0 Å². The first-order valence-electron chi connectivity index (χ1n) is 5.98. The number of ketones is 1. The zero-order valence-electron chi connectivity index (χ0n) is 10.00. The van der Waals surface area contributed by atoms with Gasteiger partial charge in [-0.15, -0.1) is 0 Å². The third-order valence-corrected chi connectivity index (χ3v) is 2.86. The molecule has 1 fully saturated rings. The maximum atomic E-state index is 10.8. The molecule has 1 rings (SSSR count). The minimum absolute atomic E-state index is 0.289. The molecule has 0 aromatic rings. The molecule has 0 aromatic carbocycles. The van der Waals surface area contributed by atoms with Crippen LogP contribution in [0.2, 0.25) is 0 Å². The number of rotatable bonds is 6. The summed E-state index contributed by atoms with van der Waals surface area (Å²) >= 11 is 0. The van der Waals surface area contributed by atoms with E-state index < -0.39 is 0 Å². The first-order chi connectivity index (χ1) is 7.18. The first kappa shape index (κ1) is 12.7. The van der Waals surface area contributed by atoms with Gasteiger partial charge in [0.15, 0.2) is 0 Å². The largest absolute Gasteiger partial charge is 0.377 e. The number of hydrogen-bond acceptors (Lipinski definition) is 3. The van der Waals surface area contributed by atoms with Gasteiger partial charge in [-0.05, 0) is 46.2 Å². The van der Waals surface area contributed by atoms with E-state index in [2.05, 4.69) is 11.9 Å². The van der Waals surface area contributed by atoms with Gasteiger partial charge in [-0.2, -0.15) is 0 Å². The van der Waals surface area contributed by atoms with Gasteiger partial charge >= 0.3 is 0 Å². The van der Waals surface area contributed by atoms with Gasteiger partial charge in [0, 0.05) is 19.6 Å². The average molecular weight is 213 g/mol. The second-order valence-corrected chi connectivity index (χ2v) is 4.56. The molecule has 0 saturated carbocycles. The number of likely N-dealkylation sites (N-methyl/N-ethyl adjacent to an activating group) is 1. The van der Waals surface area contributed by atoms with Crippen LogP contribution in [0.5, 0.6) is 0 Å². The Morgan fingerprint density at radius 3 is 2.87 bits per heavy atom. The highest BCUT2D eigenvalue weighted by atomic mass is 16.5. The highest BCUT2D eigenvalue weighted by Crippen LogP contribution is 2.13. The number of carbonyl (C=O) groups excluding carboxylic acids is 1. The molecule has 1 unspecified atom stereocenters. The van der Waals surface area contributed by atoms with E-state index in [9.17, 15) is 4.79 Å². The summed E-state index contributed by atoms with van der Waals surface area (Å²) in [7, 11) is 2.11. The molecule has 0 N–H and O–H groups in total. The van der Waals surface area contributed by atoms with E-state index in [1.807, 2.05) is 0 Å². The zero-order chi connectivity index (χ0) is 11.1. The van der Waals surface area contributed by atoms with Crippen LogP contribution >= 0.6 is 0 Å². The van der Waals surface area contributed by atoms with Crippen LogP contribution in [-0.4, -0.2) is 43.5 Å². The molecule has 1 saturated heterocycles. The van der Waals surface area contributed by atoms with Crippen LogP contribution in [-0.2, 0) is 9.53 Å². The third kappa shape index (κ3) is 5.90. The summed E-state index contributed by atoms with van der Waals surface area (Å²) in [6.07, 6.45) is 5.79. The van der Waals surface area contributed by atoms with E-state index in [-0.39, 0.29) is 5.78 Å². The van der Waals surface area contributed by atoms with Gasteiger partial charge in [-0.1, -0.05) is 0 Å². The van der Waals surface area contributed by atoms with Crippen LogP contribution in [0.4, 0.5) is 0 Å². The molecule has 3 nitrogen and oxygen atoms in total. The van der Waals surface area contributed by atoms with Crippen molar-refractivity contribution in [3.05, 3.63) is 0 Å². The average Bonchev–Trinajstić information content (AvgIpc) is 2.18. The predicted molar refractivity (Wildman–Crippen MR) is 61.0 cm³/mol. The first-order valence-corrected chi connectivity index (χ1v) is 5.98. The monoisotopic (exact) mass is 213 g/mol. The fourth-order valence-corrected chi connectivity index (χ4v) is 1.99. The molecule has 3 heteroatoms. The summed E-state index contributed by atoms with van der Waals surface area (Å²) in [5, 5.41) is 0. The Balaban J connectivity index is 2.06. The van der Waals surface area contributed by atoms with Crippen LogP contribution in [0.1, 0.15) is 39.0 Å². The van der Waals surface area contributed by atoms with Gasteiger partial charge in [-0.25, -0.2) is 0 Å². The van der Waals surface area contributed by atoms with Gasteiger partial charge in [0.1, 0.15) is 5.78 Å². The molecule has 0 bridgehead atoms. The number of Topliss-reactive ketones (excluding diaryl/α,β-unsaturated/α-hetero) is 1. The third-order valence-electron chi connectivity index (χ3n) is 2.86. The van der Waals surface area contributed by atoms with Gasteiger partial charge in [0.2, 0.25) is 0 Å². The number of ether oxygens (including phenoxy) is 1. The zero-order valence-corrected chi connectivity index (χ0v) is 10.00. The Kier molecular flexibility index (Phi) is 5.88. The highest BCUT2D eigenvalue weighted by molar-refractivity contribution is 5.75. The van der Waals surface area contributed by atoms with Gasteiger partial charge in [0.05, 0.1) is 6.10 Å². The Hall–Kier alpha value is -0.410. The van der Waals surface area contributed by atoms with E-state index in [0.717, 1.165) is 26.1 Å². The fraction of sp³-hybridized carbons (Fsp3) is 0.917. The second-order valence-electron chi connectivity index (χ2n) is 4.56. The summed E-state index contributed by atoms with van der Waals surface area (Å²) < 4.78 is 5.67. The molecule has 15 heavy (non-hydrogen) atoms. The van der Waals surface area contributed by atoms with Crippen molar-refractivity contribution < 1.29 is 9.53 Å². The molecule has 1 atom stereocenters. The molecular formula is C12H23NO2. The Labute approximate surface area is 92.8 Å². The van der Waals surface area contributed by atoms with E-state index >= 15 is 0 Å². The van der Waals surface area contributed by atoms with E-state index in [0.29, 0.717) is 12.5 Å². The SMILES string of the molecule is CC(=O)CCCN(C)CC1CCCCO1. The molecule has 0 amide bonds. The molecule has 1 heterocycles. The van der Waals surface area contributed by atoms with Gasteiger partial charge in [-0.3, -0.25) is 0 Å². The molecular weight excluding hydrogens is 190 g/mol. The molecule has 0 aromatic heterocycles. The fourth-order valence-electron chi connectivity index (χ4n) is 1.99. The van der Waals surface area contributed by atoms with Crippen LogP contribution in [0.15, 0.2) is 0 Å². The smallest absolute Gasteiger partial charge is 0.129 e. The predicted octanol–water partition coefficient (Wildman–Crippen LogP) is 1.86. The van der Waals surface area contributed by atoms with Crippen molar-refractivity contribution in [1.82, 2.24) is 4.90 Å². The standard InChI is InChI=1S/C12H23NO2/c1-11(14)6-5-8-13(2)10-12-7-3-4-9-15-12/h12H,3-10H2,1-2H3. The lowest BCUT2D eigenvalue weighted by atomic mass is 10.1. The highest BCUT2D eigenvalue weighted by Gasteiger charge is 2.15. The minimum Gasteiger partial charge on any atom is -0.377 e. The molecule has 0 radical (unpaired) electrons. The topological polar surface area (TPSA) is 29.5 Å². The summed E-state index contributed by atoms with van der Waals surface area (Å²) in [6, 6.07) is 0. The van der Waals surface area contributed by atoms with Crippen molar-refractivity contribution in [3.63, 3.8) is 0 Å². The summed E-state index contributed by atoms with van der Waals surface area (Å²) in [4.78, 5) is 13.0. The maximum Gasteiger partial charge on any atom is 0.129 e. The second kappa shape index (κ2) is 6.96. The van der Waals surface area contributed by atoms with Crippen molar-refractivity contribution in [2.24, 2.45) is 0 Å². The maximum absolute atomic E-state index is 10.8. The number of nitrogens with zero attached hydrogens (tertiary/aromatic N) is 1. The van der Waals surface area contributed by atoms with Crippen LogP contribution in [0, 0.1) is 0 Å². The Morgan fingerprint density at radius 1 is 1.47 bits per heavy atom. The normalized spacial score (nSPS) is 21.9. The van der Waals surface area contributed by atoms with Crippen molar-refractivity contribution in [1.29, 1.82) is 0 Å². The summed E-state index contributed by atoms with van der Waals surface area (Å²) in [6.45, 7) is 4.59. The van der Waals surface area contributed by atoms with Crippen molar-refractivity contribution >= 4 is 5.78 Å². The number of hydrogen-bond donors (Lipinski definition) is 0. The summed E-state index contributed by atoms with van der Waals surface area (Å²) in [5.74, 6) is 0.289. The number of carbonyl (C=O) groups is 1. The van der Waals surface area contributed by atoms with Gasteiger partial charge < -0.3 is 14.4 Å². The lowest BCUT2D eigenvalue weighted by molar-refractivity contribution is -0.117. The van der Waals surface area contributed by atoms with Crippen LogP contribution < -0.4 is 0 Å². The lowest BCUT2D eigenvalue weighted by Gasteiger charge is -2.27. The lowest BCUT2D eigenvalue weighted by Crippen LogP contribution is -2.34. The Morgan fingerprint density at radius 2 is 2.27 bits per heavy atom. The van der Waals surface area contributed by atoms with Gasteiger partial charge in [0.25, 0.3) is 0 Å². The van der Waals surface area contributed by atoms with Crippen molar-refractivity contribution in [2.45, 2.75) is 45.1 Å². The quantitative estimate of drug-likeness (QED) is 0.674. The van der Waals surface area contributed by atoms with Crippen LogP contribution in [0.25, 0.3) is 0 Å². The molecule has 0 spiro atoms. The molecule has 1 aliphatic rings. The van der Waals surface area contributed by atoms with E-state index in [1.165, 1.54) is 19.3 Å².